The number of likely N-dealkylation sites (tertiary alicyclic amines) is 1. The molecule has 29 heavy (non-hydrogen) atoms. The Morgan fingerprint density at radius 2 is 2.00 bits per heavy atom. The Bertz CT molecular complexity index is 790. The van der Waals surface area contributed by atoms with Gasteiger partial charge in [-0.2, -0.15) is 0 Å². The Morgan fingerprint density at radius 3 is 2.62 bits per heavy atom. The maximum absolute atomic E-state index is 5.82. The fourth-order valence-electron chi connectivity index (χ4n) is 4.12. The molecule has 1 aliphatic heterocycles. The first-order valence-corrected chi connectivity index (χ1v) is 10.4. The first-order valence-electron chi connectivity index (χ1n) is 10.4. The lowest BCUT2D eigenvalue weighted by molar-refractivity contribution is 0.151. The minimum atomic E-state index is 0. The van der Waals surface area contributed by atoms with Crippen LogP contribution in [-0.4, -0.2) is 35.5 Å². The molecule has 1 N–H and O–H groups in total. The average molecular weight is 506 g/mol. The summed E-state index contributed by atoms with van der Waals surface area (Å²) in [6.45, 7) is 6.51. The first kappa shape index (κ1) is 21.9. The molecule has 4 rings (SSSR count). The fraction of sp³-hybridized carbons (Fsp3) is 0.478. The van der Waals surface area contributed by atoms with E-state index in [9.17, 15) is 0 Å². The molecule has 0 atom stereocenters. The zero-order valence-corrected chi connectivity index (χ0v) is 19.5. The van der Waals surface area contributed by atoms with Crippen LogP contribution in [0.15, 0.2) is 53.7 Å². The molecule has 6 heteroatoms. The van der Waals surface area contributed by atoms with E-state index in [4.69, 9.17) is 9.73 Å². The molecule has 1 saturated heterocycles. The molecule has 1 aliphatic carbocycles. The smallest absolute Gasteiger partial charge is 0.194 e. The molecule has 1 aromatic carbocycles. The molecule has 1 aromatic heterocycles. The average Bonchev–Trinajstić information content (AvgIpc) is 3.17. The minimum absolute atomic E-state index is 0. The predicted octanol–water partition coefficient (Wildman–Crippen LogP) is 4.62. The summed E-state index contributed by atoms with van der Waals surface area (Å²) in [7, 11) is 0. The van der Waals surface area contributed by atoms with Crippen molar-refractivity contribution in [1.82, 2.24) is 15.2 Å². The predicted molar refractivity (Wildman–Crippen MR) is 128 cm³/mol. The summed E-state index contributed by atoms with van der Waals surface area (Å²) in [6, 6.07) is 14.1. The highest BCUT2D eigenvalue weighted by Gasteiger charge is 2.43. The van der Waals surface area contributed by atoms with Crippen molar-refractivity contribution in [2.45, 2.75) is 45.8 Å². The van der Waals surface area contributed by atoms with E-state index in [2.05, 4.69) is 34.3 Å². The molecule has 156 valence electrons. The topological polar surface area (TPSA) is 49.8 Å². The molecule has 2 heterocycles. The van der Waals surface area contributed by atoms with E-state index in [1.807, 2.05) is 30.3 Å². The van der Waals surface area contributed by atoms with Gasteiger partial charge in [0, 0.05) is 25.8 Å². The van der Waals surface area contributed by atoms with Crippen molar-refractivity contribution in [3.8, 4) is 5.75 Å². The van der Waals surface area contributed by atoms with Gasteiger partial charge >= 0.3 is 0 Å². The number of benzene rings is 1. The zero-order chi connectivity index (χ0) is 19.2. The van der Waals surface area contributed by atoms with Crippen molar-refractivity contribution in [1.29, 1.82) is 0 Å². The van der Waals surface area contributed by atoms with Crippen LogP contribution in [0.4, 0.5) is 0 Å². The number of nitrogens with one attached hydrogen (secondary N) is 1. The van der Waals surface area contributed by atoms with Crippen LogP contribution in [0.1, 0.15) is 43.9 Å². The first-order chi connectivity index (χ1) is 13.8. The molecule has 2 aromatic rings. The lowest BCUT2D eigenvalue weighted by Crippen LogP contribution is -2.42. The highest BCUT2D eigenvalue weighted by Crippen LogP contribution is 2.47. The Hall–Kier alpha value is -1.83. The summed E-state index contributed by atoms with van der Waals surface area (Å²) in [4.78, 5) is 11.6. The quantitative estimate of drug-likeness (QED) is 0.353. The van der Waals surface area contributed by atoms with Crippen LogP contribution in [0.25, 0.3) is 0 Å². The number of hydrogen-bond acceptors (Lipinski definition) is 3. The van der Waals surface area contributed by atoms with Gasteiger partial charge in [-0.15, -0.1) is 24.0 Å². The zero-order valence-electron chi connectivity index (χ0n) is 17.1. The molecule has 2 fully saturated rings. The van der Waals surface area contributed by atoms with Crippen LogP contribution in [-0.2, 0) is 13.2 Å². The van der Waals surface area contributed by atoms with E-state index in [0.29, 0.717) is 18.6 Å². The maximum Gasteiger partial charge on any atom is 0.194 e. The van der Waals surface area contributed by atoms with E-state index >= 15 is 0 Å². The van der Waals surface area contributed by atoms with Crippen molar-refractivity contribution in [3.63, 3.8) is 0 Å². The Morgan fingerprint density at radius 1 is 1.17 bits per heavy atom. The van der Waals surface area contributed by atoms with Crippen molar-refractivity contribution in [2.75, 3.05) is 19.6 Å². The second-order valence-electron chi connectivity index (χ2n) is 7.95. The second-order valence-corrected chi connectivity index (χ2v) is 7.95. The largest absolute Gasteiger partial charge is 0.487 e. The van der Waals surface area contributed by atoms with Crippen LogP contribution < -0.4 is 10.1 Å². The molecule has 2 aliphatic rings. The van der Waals surface area contributed by atoms with E-state index in [1.165, 1.54) is 37.8 Å². The van der Waals surface area contributed by atoms with Gasteiger partial charge in [0.2, 0.25) is 0 Å². The van der Waals surface area contributed by atoms with E-state index in [1.54, 1.807) is 6.20 Å². The number of guanidine groups is 1. The van der Waals surface area contributed by atoms with E-state index < -0.39 is 0 Å². The molecule has 5 nitrogen and oxygen atoms in total. The molecule has 0 unspecified atom stereocenters. The standard InChI is InChI=1S/C23H30N4O.HI/c1-2-24-22(27-15-13-23(18-27)11-5-12-23)26-16-19-7-9-21(10-8-19)28-17-20-6-3-4-14-25-20;/h3-4,6-10,14H,2,5,11-13,15-18H2,1H3,(H,24,26);1H. The monoisotopic (exact) mass is 506 g/mol. The minimum Gasteiger partial charge on any atom is -0.487 e. The van der Waals surface area contributed by atoms with Crippen LogP contribution in [0.2, 0.25) is 0 Å². The normalized spacial score (nSPS) is 17.6. The van der Waals surface area contributed by atoms with Gasteiger partial charge < -0.3 is 15.0 Å². The molecule has 1 saturated carbocycles. The lowest BCUT2D eigenvalue weighted by Gasteiger charge is -2.38. The van der Waals surface area contributed by atoms with Gasteiger partial charge in [-0.05, 0) is 61.4 Å². The third-order valence-electron chi connectivity index (χ3n) is 5.93. The van der Waals surface area contributed by atoms with Crippen molar-refractivity contribution < 1.29 is 4.74 Å². The van der Waals surface area contributed by atoms with Gasteiger partial charge in [0.15, 0.2) is 5.96 Å². The molecule has 0 bridgehead atoms. The van der Waals surface area contributed by atoms with E-state index in [-0.39, 0.29) is 24.0 Å². The third-order valence-corrected chi connectivity index (χ3v) is 5.93. The van der Waals surface area contributed by atoms with Crippen LogP contribution in [0.3, 0.4) is 0 Å². The molecular formula is C23H31IN4O. The lowest BCUT2D eigenvalue weighted by atomic mass is 9.68. The number of halogens is 1. The number of aliphatic imine (C=N–C) groups is 1. The molecular weight excluding hydrogens is 475 g/mol. The molecule has 0 amide bonds. The maximum atomic E-state index is 5.82. The summed E-state index contributed by atoms with van der Waals surface area (Å²) in [6.07, 6.45) is 7.29. The van der Waals surface area contributed by atoms with Crippen LogP contribution in [0, 0.1) is 5.41 Å². The summed E-state index contributed by atoms with van der Waals surface area (Å²) in [5.41, 5.74) is 2.71. The Balaban J connectivity index is 0.00000240. The van der Waals surface area contributed by atoms with Gasteiger partial charge in [0.05, 0.1) is 12.2 Å². The fourth-order valence-corrected chi connectivity index (χ4v) is 4.12. The van der Waals surface area contributed by atoms with Gasteiger partial charge in [0.25, 0.3) is 0 Å². The van der Waals surface area contributed by atoms with Crippen LogP contribution >= 0.6 is 24.0 Å². The SMILES string of the molecule is CCNC(=NCc1ccc(OCc2ccccn2)cc1)N1CCC2(CCC2)C1.I. The third kappa shape index (κ3) is 5.62. The number of ether oxygens (including phenoxy) is 1. The number of hydrogen-bond donors (Lipinski definition) is 1. The number of pyridine rings is 1. The van der Waals surface area contributed by atoms with Crippen molar-refractivity contribution in [3.05, 3.63) is 59.9 Å². The molecule has 1 spiro atoms. The summed E-state index contributed by atoms with van der Waals surface area (Å²) in [5, 5.41) is 3.47. The van der Waals surface area contributed by atoms with Crippen molar-refractivity contribution >= 4 is 29.9 Å². The molecule has 0 radical (unpaired) electrons. The second kappa shape index (κ2) is 10.3. The van der Waals surface area contributed by atoms with Crippen molar-refractivity contribution in [2.24, 2.45) is 10.4 Å². The van der Waals surface area contributed by atoms with E-state index in [0.717, 1.165) is 30.5 Å². The number of aromatic nitrogens is 1. The Kier molecular flexibility index (Phi) is 7.75. The summed E-state index contributed by atoms with van der Waals surface area (Å²) >= 11 is 0. The highest BCUT2D eigenvalue weighted by atomic mass is 127. The number of rotatable bonds is 6. The van der Waals surface area contributed by atoms with Gasteiger partial charge in [0.1, 0.15) is 12.4 Å². The highest BCUT2D eigenvalue weighted by molar-refractivity contribution is 14.0. The Labute approximate surface area is 191 Å². The van der Waals surface area contributed by atoms with Crippen LogP contribution in [0.5, 0.6) is 5.75 Å². The number of nitrogens with zero attached hydrogens (tertiary/aromatic N) is 3. The van der Waals surface area contributed by atoms with Gasteiger partial charge in [-0.1, -0.05) is 24.6 Å². The summed E-state index contributed by atoms with van der Waals surface area (Å²) in [5.74, 6) is 1.92. The van der Waals surface area contributed by atoms with Gasteiger partial charge in [-0.3, -0.25) is 4.98 Å². The summed E-state index contributed by atoms with van der Waals surface area (Å²) < 4.78 is 5.82. The van der Waals surface area contributed by atoms with Gasteiger partial charge in [-0.25, -0.2) is 4.99 Å².